The van der Waals surface area contributed by atoms with E-state index in [-0.39, 0.29) is 11.2 Å². The minimum atomic E-state index is -0.0645. The van der Waals surface area contributed by atoms with Gasteiger partial charge in [0.1, 0.15) is 16.9 Å². The van der Waals surface area contributed by atoms with Gasteiger partial charge in [-0.25, -0.2) is 0 Å². The van der Waals surface area contributed by atoms with Gasteiger partial charge in [0.2, 0.25) is 5.43 Å². The van der Waals surface area contributed by atoms with E-state index in [0.717, 1.165) is 5.56 Å². The Morgan fingerprint density at radius 1 is 1.14 bits per heavy atom. The predicted octanol–water partition coefficient (Wildman–Crippen LogP) is 4.16. The summed E-state index contributed by atoms with van der Waals surface area (Å²) >= 11 is 0. The average molecular weight is 280 g/mol. The molecule has 21 heavy (non-hydrogen) atoms. The average Bonchev–Trinajstić information content (AvgIpc) is 2.45. The first-order valence-corrected chi connectivity index (χ1v) is 6.87. The molecule has 3 heteroatoms. The van der Waals surface area contributed by atoms with Crippen LogP contribution < -0.4 is 5.43 Å². The van der Waals surface area contributed by atoms with E-state index in [0.29, 0.717) is 28.4 Å². The molecule has 3 rings (SSSR count). The number of para-hydroxylation sites is 1. The highest BCUT2D eigenvalue weighted by molar-refractivity contribution is 5.90. The van der Waals surface area contributed by atoms with Crippen LogP contribution in [0, 0.1) is 0 Å². The molecule has 0 aliphatic carbocycles. The summed E-state index contributed by atoms with van der Waals surface area (Å²) in [7, 11) is 0. The molecule has 0 atom stereocenters. The van der Waals surface area contributed by atoms with Gasteiger partial charge in [0.25, 0.3) is 0 Å². The number of hydrogen-bond acceptors (Lipinski definition) is 3. The number of aromatic hydroxyl groups is 1. The summed E-state index contributed by atoms with van der Waals surface area (Å²) in [5.41, 5.74) is 2.78. The van der Waals surface area contributed by atoms with Crippen molar-refractivity contribution in [1.29, 1.82) is 0 Å². The lowest BCUT2D eigenvalue weighted by atomic mass is 10.0. The molecule has 0 saturated carbocycles. The summed E-state index contributed by atoms with van der Waals surface area (Å²) in [6.07, 6.45) is 2.61. The van der Waals surface area contributed by atoms with E-state index >= 15 is 0 Å². The zero-order valence-corrected chi connectivity index (χ0v) is 12.0. The van der Waals surface area contributed by atoms with Crippen LogP contribution in [-0.2, 0) is 6.42 Å². The first-order chi connectivity index (χ1) is 10.1. The zero-order valence-electron chi connectivity index (χ0n) is 12.0. The fraction of sp³-hybridized carbons (Fsp3) is 0.167. The van der Waals surface area contributed by atoms with Crippen molar-refractivity contribution in [2.45, 2.75) is 20.3 Å². The maximum atomic E-state index is 12.5. The summed E-state index contributed by atoms with van der Waals surface area (Å²) in [5, 5.41) is 11.2. The first-order valence-electron chi connectivity index (χ1n) is 6.87. The topological polar surface area (TPSA) is 50.4 Å². The number of phenolic OH excluding ortho intramolecular Hbond substituents is 1. The molecule has 2 aromatic carbocycles. The van der Waals surface area contributed by atoms with Crippen molar-refractivity contribution in [3.63, 3.8) is 0 Å². The standard InChI is InChI=1S/C18H16O3/c1-11(2)7-8-12-9-14-17(10-15(12)19)21-16-6-4-3-5-13(16)18(14)20/h3-7,9-10,19H,8H2,1-2H3. The van der Waals surface area contributed by atoms with Crippen molar-refractivity contribution < 1.29 is 9.52 Å². The fourth-order valence-electron chi connectivity index (χ4n) is 2.36. The molecule has 1 aromatic heterocycles. The van der Waals surface area contributed by atoms with E-state index in [9.17, 15) is 9.90 Å². The third-order valence-corrected chi connectivity index (χ3v) is 3.51. The quantitative estimate of drug-likeness (QED) is 0.566. The minimum Gasteiger partial charge on any atom is -0.508 e. The van der Waals surface area contributed by atoms with E-state index in [1.54, 1.807) is 18.2 Å². The van der Waals surface area contributed by atoms with Crippen LogP contribution in [0.4, 0.5) is 0 Å². The smallest absolute Gasteiger partial charge is 0.200 e. The van der Waals surface area contributed by atoms with Crippen LogP contribution in [0.5, 0.6) is 5.75 Å². The van der Waals surface area contributed by atoms with E-state index < -0.39 is 0 Å². The highest BCUT2D eigenvalue weighted by Gasteiger charge is 2.10. The van der Waals surface area contributed by atoms with Gasteiger partial charge in [-0.15, -0.1) is 0 Å². The molecule has 0 radical (unpaired) electrons. The van der Waals surface area contributed by atoms with Crippen molar-refractivity contribution in [2.24, 2.45) is 0 Å². The van der Waals surface area contributed by atoms with Crippen molar-refractivity contribution in [1.82, 2.24) is 0 Å². The van der Waals surface area contributed by atoms with Gasteiger partial charge in [-0.1, -0.05) is 23.8 Å². The zero-order chi connectivity index (χ0) is 15.0. The lowest BCUT2D eigenvalue weighted by Crippen LogP contribution is -2.02. The fourth-order valence-corrected chi connectivity index (χ4v) is 2.36. The van der Waals surface area contributed by atoms with Gasteiger partial charge in [-0.05, 0) is 44.0 Å². The molecule has 0 fully saturated rings. The van der Waals surface area contributed by atoms with Crippen LogP contribution in [0.1, 0.15) is 19.4 Å². The number of phenols is 1. The first kappa shape index (κ1) is 13.4. The normalized spacial score (nSPS) is 11.0. The van der Waals surface area contributed by atoms with Gasteiger partial charge >= 0.3 is 0 Å². The molecule has 3 nitrogen and oxygen atoms in total. The van der Waals surface area contributed by atoms with Crippen LogP contribution >= 0.6 is 0 Å². The van der Waals surface area contributed by atoms with Crippen molar-refractivity contribution in [2.75, 3.05) is 0 Å². The second-order valence-corrected chi connectivity index (χ2v) is 5.39. The molecule has 0 saturated heterocycles. The van der Waals surface area contributed by atoms with Crippen LogP contribution in [0.15, 0.2) is 57.3 Å². The maximum absolute atomic E-state index is 12.5. The lowest BCUT2D eigenvalue weighted by molar-refractivity contribution is 0.469. The van der Waals surface area contributed by atoms with Gasteiger partial charge in [0.05, 0.1) is 10.8 Å². The van der Waals surface area contributed by atoms with E-state index in [4.69, 9.17) is 4.42 Å². The highest BCUT2D eigenvalue weighted by atomic mass is 16.3. The molecule has 3 aromatic rings. The largest absolute Gasteiger partial charge is 0.508 e. The Bertz CT molecular complexity index is 913. The number of allylic oxidation sites excluding steroid dienone is 2. The Morgan fingerprint density at radius 3 is 2.67 bits per heavy atom. The van der Waals surface area contributed by atoms with Gasteiger partial charge < -0.3 is 9.52 Å². The minimum absolute atomic E-state index is 0.0645. The third-order valence-electron chi connectivity index (χ3n) is 3.51. The molecule has 1 heterocycles. The van der Waals surface area contributed by atoms with E-state index in [2.05, 4.69) is 0 Å². The Morgan fingerprint density at radius 2 is 1.90 bits per heavy atom. The molecular formula is C18H16O3. The van der Waals surface area contributed by atoms with Gasteiger partial charge in [-0.3, -0.25) is 4.79 Å². The second kappa shape index (κ2) is 5.09. The second-order valence-electron chi connectivity index (χ2n) is 5.39. The van der Waals surface area contributed by atoms with Crippen molar-refractivity contribution in [3.05, 3.63) is 63.8 Å². The predicted molar refractivity (Wildman–Crippen MR) is 84.8 cm³/mol. The van der Waals surface area contributed by atoms with Crippen molar-refractivity contribution in [3.8, 4) is 5.75 Å². The molecule has 1 N–H and O–H groups in total. The Hall–Kier alpha value is -2.55. The summed E-state index contributed by atoms with van der Waals surface area (Å²) in [4.78, 5) is 12.5. The molecule has 0 spiro atoms. The lowest BCUT2D eigenvalue weighted by Gasteiger charge is -2.06. The Kier molecular flexibility index (Phi) is 3.26. The number of benzene rings is 2. The van der Waals surface area contributed by atoms with Crippen LogP contribution in [0.25, 0.3) is 21.9 Å². The SMILES string of the molecule is CC(C)=CCc1cc2c(=O)c3ccccc3oc2cc1O. The summed E-state index contributed by atoms with van der Waals surface area (Å²) in [5.74, 6) is 0.151. The van der Waals surface area contributed by atoms with Crippen molar-refractivity contribution >= 4 is 21.9 Å². The highest BCUT2D eigenvalue weighted by Crippen LogP contribution is 2.26. The van der Waals surface area contributed by atoms with Crippen LogP contribution in [0.2, 0.25) is 0 Å². The van der Waals surface area contributed by atoms with Crippen LogP contribution in [0.3, 0.4) is 0 Å². The molecule has 0 aliphatic heterocycles. The van der Waals surface area contributed by atoms with Crippen LogP contribution in [-0.4, -0.2) is 5.11 Å². The number of rotatable bonds is 2. The Balaban J connectivity index is 2.29. The molecule has 0 amide bonds. The maximum Gasteiger partial charge on any atom is 0.200 e. The summed E-state index contributed by atoms with van der Waals surface area (Å²) in [6.45, 7) is 4.00. The Labute approximate surface area is 122 Å². The van der Waals surface area contributed by atoms with Gasteiger partial charge in [0, 0.05) is 6.07 Å². The van der Waals surface area contributed by atoms with E-state index in [1.165, 1.54) is 11.6 Å². The van der Waals surface area contributed by atoms with E-state index in [1.807, 2.05) is 32.1 Å². The molecular weight excluding hydrogens is 264 g/mol. The summed E-state index contributed by atoms with van der Waals surface area (Å²) in [6, 6.07) is 10.4. The molecule has 106 valence electrons. The molecule has 0 aliphatic rings. The van der Waals surface area contributed by atoms with Gasteiger partial charge in [-0.2, -0.15) is 0 Å². The molecule has 0 unspecified atom stereocenters. The molecule has 0 bridgehead atoms. The third kappa shape index (κ3) is 2.42. The number of hydrogen-bond donors (Lipinski definition) is 1. The van der Waals surface area contributed by atoms with Gasteiger partial charge in [0.15, 0.2) is 0 Å². The number of fused-ring (bicyclic) bond motifs is 2. The monoisotopic (exact) mass is 280 g/mol. The summed E-state index contributed by atoms with van der Waals surface area (Å²) < 4.78 is 5.71.